The predicted octanol–water partition coefficient (Wildman–Crippen LogP) is 1.01. The Bertz CT molecular complexity index is 634. The number of carboxylic acids is 1. The molecule has 0 aliphatic carbocycles. The lowest BCUT2D eigenvalue weighted by molar-refractivity contribution is -0.137. The van der Waals surface area contributed by atoms with E-state index in [1.807, 2.05) is 30.3 Å². The Labute approximate surface area is 114 Å². The topological polar surface area (TPSA) is 97.1 Å². The number of amides is 1. The van der Waals surface area contributed by atoms with Crippen molar-refractivity contribution in [1.82, 2.24) is 15.0 Å². The standard InChI is InChI=1S/C13H12N4O3/c18-12(7-6-10-4-2-1-3-5-10)14-11-8-17(16-15-11)9-13(19)20/h1-8H,9H2,(H,14,18)(H,19,20)/b7-6+. The van der Waals surface area contributed by atoms with Gasteiger partial charge in [0.1, 0.15) is 6.54 Å². The quantitative estimate of drug-likeness (QED) is 0.792. The summed E-state index contributed by atoms with van der Waals surface area (Å²) < 4.78 is 1.12. The molecule has 1 aromatic carbocycles. The van der Waals surface area contributed by atoms with Gasteiger partial charge >= 0.3 is 5.97 Å². The van der Waals surface area contributed by atoms with Gasteiger partial charge in [-0.05, 0) is 11.6 Å². The summed E-state index contributed by atoms with van der Waals surface area (Å²) in [5.74, 6) is -1.19. The largest absolute Gasteiger partial charge is 0.480 e. The van der Waals surface area contributed by atoms with Crippen molar-refractivity contribution in [3.05, 3.63) is 48.2 Å². The number of hydrogen-bond acceptors (Lipinski definition) is 4. The number of hydrogen-bond donors (Lipinski definition) is 2. The lowest BCUT2D eigenvalue weighted by Gasteiger charge is -1.95. The fraction of sp³-hybridized carbons (Fsp3) is 0.0769. The van der Waals surface area contributed by atoms with E-state index in [0.717, 1.165) is 10.2 Å². The number of rotatable bonds is 5. The molecule has 0 saturated heterocycles. The maximum atomic E-state index is 11.6. The lowest BCUT2D eigenvalue weighted by atomic mass is 10.2. The Balaban J connectivity index is 1.93. The lowest BCUT2D eigenvalue weighted by Crippen LogP contribution is -2.09. The summed E-state index contributed by atoms with van der Waals surface area (Å²) >= 11 is 0. The molecule has 0 aliphatic heterocycles. The van der Waals surface area contributed by atoms with E-state index in [9.17, 15) is 9.59 Å². The van der Waals surface area contributed by atoms with Gasteiger partial charge in [0, 0.05) is 6.08 Å². The highest BCUT2D eigenvalue weighted by molar-refractivity contribution is 6.01. The first-order valence-corrected chi connectivity index (χ1v) is 5.79. The summed E-state index contributed by atoms with van der Waals surface area (Å²) in [6.07, 6.45) is 4.38. The zero-order valence-corrected chi connectivity index (χ0v) is 10.4. The Kier molecular flexibility index (Phi) is 4.23. The zero-order chi connectivity index (χ0) is 14.4. The van der Waals surface area contributed by atoms with Crippen LogP contribution in [0.5, 0.6) is 0 Å². The monoisotopic (exact) mass is 272 g/mol. The third-order valence-electron chi connectivity index (χ3n) is 2.31. The van der Waals surface area contributed by atoms with Crippen molar-refractivity contribution >= 4 is 23.8 Å². The molecule has 1 amide bonds. The van der Waals surface area contributed by atoms with Crippen LogP contribution in [0.1, 0.15) is 5.56 Å². The average Bonchev–Trinajstić information content (AvgIpc) is 2.84. The molecular weight excluding hydrogens is 260 g/mol. The maximum Gasteiger partial charge on any atom is 0.325 e. The molecule has 1 aromatic heterocycles. The number of carbonyl (C=O) groups is 2. The molecule has 0 saturated carbocycles. The number of nitrogens with one attached hydrogen (secondary N) is 1. The molecule has 0 atom stereocenters. The van der Waals surface area contributed by atoms with Crippen LogP contribution in [0.25, 0.3) is 6.08 Å². The molecule has 0 aliphatic rings. The van der Waals surface area contributed by atoms with Gasteiger partial charge in [0.25, 0.3) is 0 Å². The highest BCUT2D eigenvalue weighted by Gasteiger charge is 2.05. The van der Waals surface area contributed by atoms with Crippen molar-refractivity contribution in [2.24, 2.45) is 0 Å². The number of aromatic nitrogens is 3. The number of anilines is 1. The molecule has 2 rings (SSSR count). The van der Waals surface area contributed by atoms with Crippen molar-refractivity contribution in [3.63, 3.8) is 0 Å². The van der Waals surface area contributed by atoms with Gasteiger partial charge in [0.2, 0.25) is 5.91 Å². The van der Waals surface area contributed by atoms with Crippen LogP contribution in [0.3, 0.4) is 0 Å². The third kappa shape index (κ3) is 4.05. The first-order chi connectivity index (χ1) is 9.63. The summed E-state index contributed by atoms with van der Waals surface area (Å²) in [5.41, 5.74) is 0.900. The van der Waals surface area contributed by atoms with Gasteiger partial charge in [0.15, 0.2) is 5.82 Å². The number of carboxylic acid groups (broad SMARTS) is 1. The van der Waals surface area contributed by atoms with Gasteiger partial charge in [-0.2, -0.15) is 0 Å². The number of aliphatic carboxylic acids is 1. The van der Waals surface area contributed by atoms with Crippen LogP contribution < -0.4 is 5.32 Å². The predicted molar refractivity (Wildman–Crippen MR) is 71.8 cm³/mol. The van der Waals surface area contributed by atoms with Gasteiger partial charge < -0.3 is 10.4 Å². The van der Waals surface area contributed by atoms with Crippen molar-refractivity contribution in [1.29, 1.82) is 0 Å². The highest BCUT2D eigenvalue weighted by Crippen LogP contribution is 2.03. The van der Waals surface area contributed by atoms with Crippen LogP contribution in [0.15, 0.2) is 42.6 Å². The first kappa shape index (κ1) is 13.5. The second-order valence-corrected chi connectivity index (χ2v) is 3.93. The Morgan fingerprint density at radius 1 is 1.30 bits per heavy atom. The molecule has 102 valence electrons. The van der Waals surface area contributed by atoms with Crippen molar-refractivity contribution < 1.29 is 14.7 Å². The van der Waals surface area contributed by atoms with E-state index in [-0.39, 0.29) is 18.3 Å². The van der Waals surface area contributed by atoms with Crippen LogP contribution in [-0.4, -0.2) is 32.0 Å². The van der Waals surface area contributed by atoms with E-state index >= 15 is 0 Å². The minimum Gasteiger partial charge on any atom is -0.480 e. The van der Waals surface area contributed by atoms with Crippen LogP contribution in [0.4, 0.5) is 5.82 Å². The van der Waals surface area contributed by atoms with Crippen molar-refractivity contribution in [2.45, 2.75) is 6.54 Å². The first-order valence-electron chi connectivity index (χ1n) is 5.79. The average molecular weight is 272 g/mol. The molecule has 0 unspecified atom stereocenters. The van der Waals surface area contributed by atoms with Crippen molar-refractivity contribution in [2.75, 3.05) is 5.32 Å². The van der Waals surface area contributed by atoms with Crippen LogP contribution in [-0.2, 0) is 16.1 Å². The molecule has 2 N–H and O–H groups in total. The third-order valence-corrected chi connectivity index (χ3v) is 2.31. The minimum absolute atomic E-state index is 0.203. The minimum atomic E-state index is -1.03. The molecule has 7 nitrogen and oxygen atoms in total. The normalized spacial score (nSPS) is 10.6. The molecule has 7 heteroatoms. The summed E-state index contributed by atoms with van der Waals surface area (Å²) in [4.78, 5) is 22.1. The van der Waals surface area contributed by atoms with Crippen LogP contribution in [0, 0.1) is 0 Å². The highest BCUT2D eigenvalue weighted by atomic mass is 16.4. The second-order valence-electron chi connectivity index (χ2n) is 3.93. The van der Waals surface area contributed by atoms with Crippen LogP contribution in [0.2, 0.25) is 0 Å². The van der Waals surface area contributed by atoms with E-state index in [1.54, 1.807) is 6.08 Å². The SMILES string of the molecule is O=C(O)Cn1cc(NC(=O)/C=C/c2ccccc2)nn1. The summed E-state index contributed by atoms with van der Waals surface area (Å²) in [6, 6.07) is 9.36. The second kappa shape index (κ2) is 6.28. The molecule has 0 fully saturated rings. The number of benzene rings is 1. The molecule has 2 aromatic rings. The molecule has 0 spiro atoms. The van der Waals surface area contributed by atoms with E-state index < -0.39 is 5.97 Å². The fourth-order valence-electron chi connectivity index (χ4n) is 1.48. The Morgan fingerprint density at radius 2 is 2.05 bits per heavy atom. The Morgan fingerprint density at radius 3 is 2.75 bits per heavy atom. The molecule has 1 heterocycles. The summed E-state index contributed by atoms with van der Waals surface area (Å²) in [6.45, 7) is -0.303. The summed E-state index contributed by atoms with van der Waals surface area (Å²) in [5, 5.41) is 18.3. The van der Waals surface area contributed by atoms with E-state index in [0.29, 0.717) is 0 Å². The van der Waals surface area contributed by atoms with Gasteiger partial charge in [-0.1, -0.05) is 35.5 Å². The van der Waals surface area contributed by atoms with E-state index in [1.165, 1.54) is 12.3 Å². The Hall–Kier alpha value is -2.96. The van der Waals surface area contributed by atoms with Crippen molar-refractivity contribution in [3.8, 4) is 0 Å². The van der Waals surface area contributed by atoms with Gasteiger partial charge in [0.05, 0.1) is 6.20 Å². The van der Waals surface area contributed by atoms with Gasteiger partial charge in [-0.15, -0.1) is 5.10 Å². The van der Waals surface area contributed by atoms with E-state index in [2.05, 4.69) is 15.6 Å². The van der Waals surface area contributed by atoms with Gasteiger partial charge in [-0.25, -0.2) is 4.68 Å². The molecule has 0 radical (unpaired) electrons. The summed E-state index contributed by atoms with van der Waals surface area (Å²) in [7, 11) is 0. The molecular formula is C13H12N4O3. The molecule has 0 bridgehead atoms. The number of nitrogens with zero attached hydrogens (tertiary/aromatic N) is 3. The molecule has 20 heavy (non-hydrogen) atoms. The zero-order valence-electron chi connectivity index (χ0n) is 10.4. The van der Waals surface area contributed by atoms with Crippen LogP contribution >= 0.6 is 0 Å². The van der Waals surface area contributed by atoms with Gasteiger partial charge in [-0.3, -0.25) is 9.59 Å². The van der Waals surface area contributed by atoms with E-state index in [4.69, 9.17) is 5.11 Å². The fourth-order valence-corrected chi connectivity index (χ4v) is 1.48. The smallest absolute Gasteiger partial charge is 0.325 e. The maximum absolute atomic E-state index is 11.6. The number of carbonyl (C=O) groups excluding carboxylic acids is 1.